The van der Waals surface area contributed by atoms with Crippen LogP contribution in [0.3, 0.4) is 0 Å². The van der Waals surface area contributed by atoms with Crippen LogP contribution in [0.5, 0.6) is 0 Å². The van der Waals surface area contributed by atoms with Gasteiger partial charge < -0.3 is 40.2 Å². The number of fused-ring (bicyclic) bond motifs is 2. The number of rotatable bonds is 9. The third-order valence-corrected chi connectivity index (χ3v) is 13.5. The van der Waals surface area contributed by atoms with E-state index in [-0.39, 0.29) is 40.7 Å². The topological polar surface area (TPSA) is 203 Å². The number of methoxy groups -OCH3 is 1. The molecule has 4 amide bonds. The van der Waals surface area contributed by atoms with Gasteiger partial charge in [-0.3, -0.25) is 14.4 Å². The Morgan fingerprint density at radius 2 is 1.48 bits per heavy atom. The van der Waals surface area contributed by atoms with Crippen molar-refractivity contribution in [3.05, 3.63) is 80.9 Å². The number of hydrogen-bond donors (Lipinski definition) is 5. The number of carbonyl (C=O) groups excluding carboxylic acids is 3. The molecule has 4 aliphatic rings. The molecule has 1 spiro atoms. The molecule has 2 aliphatic heterocycles. The molecule has 3 fully saturated rings. The van der Waals surface area contributed by atoms with Gasteiger partial charge in [-0.1, -0.05) is 58.6 Å². The Balaban J connectivity index is 1.06. The van der Waals surface area contributed by atoms with Crippen molar-refractivity contribution in [3.8, 4) is 23.0 Å². The number of aromatic nitrogens is 4. The van der Waals surface area contributed by atoms with Crippen LogP contribution in [0.25, 0.3) is 22.0 Å². The van der Waals surface area contributed by atoms with Crippen LogP contribution < -0.4 is 16.2 Å². The fourth-order valence-corrected chi connectivity index (χ4v) is 10.3. The molecule has 1 saturated carbocycles. The molecular weight excluding hydrogens is 789 g/mol. The molecule has 2 aromatic carbocycles. The largest absolute Gasteiger partial charge is 0.465 e. The second-order valence-electron chi connectivity index (χ2n) is 18.2. The van der Waals surface area contributed by atoms with E-state index in [1.807, 2.05) is 45.9 Å². The lowest BCUT2D eigenvalue weighted by atomic mass is 9.83. The first kappa shape index (κ1) is 42.5. The van der Waals surface area contributed by atoms with Crippen molar-refractivity contribution in [1.29, 1.82) is 0 Å². The van der Waals surface area contributed by atoms with Crippen molar-refractivity contribution in [2.75, 3.05) is 20.2 Å². The predicted octanol–water partition coefficient (Wildman–Crippen LogP) is 6.37. The van der Waals surface area contributed by atoms with Crippen LogP contribution in [0.15, 0.2) is 41.3 Å². The number of ether oxygens (including phenoxy) is 1. The van der Waals surface area contributed by atoms with Crippen molar-refractivity contribution in [3.63, 3.8) is 0 Å². The number of nitrogens with one attached hydrogen (secondary N) is 4. The molecule has 15 nitrogen and oxygen atoms in total. The van der Waals surface area contributed by atoms with E-state index in [1.54, 1.807) is 16.0 Å². The highest BCUT2D eigenvalue weighted by Crippen LogP contribution is 2.51. The minimum Gasteiger partial charge on any atom is -0.465 e. The monoisotopic (exact) mass is 844 g/mol. The number of hydrogen-bond acceptors (Lipinski definition) is 8. The minimum absolute atomic E-state index is 0.177. The molecule has 4 heterocycles. The van der Waals surface area contributed by atoms with Crippen molar-refractivity contribution in [2.24, 2.45) is 17.3 Å². The predicted molar refractivity (Wildman–Crippen MR) is 232 cm³/mol. The molecule has 4 aromatic rings. The van der Waals surface area contributed by atoms with Crippen LogP contribution in [0.1, 0.15) is 125 Å². The van der Waals surface area contributed by atoms with Crippen molar-refractivity contribution in [2.45, 2.75) is 116 Å². The summed E-state index contributed by atoms with van der Waals surface area (Å²) in [6.07, 6.45) is 9.31. The van der Waals surface area contributed by atoms with Gasteiger partial charge >= 0.3 is 12.2 Å². The first-order valence-corrected chi connectivity index (χ1v) is 22.0. The standard InChI is InChI=1S/C47H56N8O7/c1-26(2)38(51-45(59)60)43(57)54-20-8-10-36(54)40-48-25-30(49-40)15-12-28-13-16-31(34-24-47(23-33(28)34)18-6-7-19-47)29-14-17-35-32(22-29)42(56)53-41(50-35)37-11-9-21-55(37)44(58)39(27(3)4)52-46(61)62-5/h13-14,16-17,22,25-27,36-39,51H,6-11,18-21,23-24H2,1-5H3,(H,48,49)(H,52,61)(H,59,60)(H,50,53,56). The van der Waals surface area contributed by atoms with Crippen molar-refractivity contribution in [1.82, 2.24) is 40.4 Å². The molecule has 326 valence electrons. The Morgan fingerprint density at radius 1 is 0.839 bits per heavy atom. The third-order valence-electron chi connectivity index (χ3n) is 13.5. The van der Waals surface area contributed by atoms with Gasteiger partial charge in [0.25, 0.3) is 5.56 Å². The fraction of sp³-hybridized carbons (Fsp3) is 0.511. The van der Waals surface area contributed by atoms with Gasteiger partial charge in [-0.25, -0.2) is 19.6 Å². The van der Waals surface area contributed by atoms with E-state index in [2.05, 4.69) is 49.6 Å². The summed E-state index contributed by atoms with van der Waals surface area (Å²) in [6, 6.07) is 7.68. The Morgan fingerprint density at radius 3 is 2.13 bits per heavy atom. The highest BCUT2D eigenvalue weighted by Gasteiger charge is 2.42. The number of aromatic amines is 2. The number of H-pyrrole nitrogens is 2. The van der Waals surface area contributed by atoms with Crippen LogP contribution in [0.4, 0.5) is 9.59 Å². The second-order valence-corrected chi connectivity index (χ2v) is 18.2. The zero-order valence-electron chi connectivity index (χ0n) is 36.1. The van der Waals surface area contributed by atoms with E-state index in [4.69, 9.17) is 9.72 Å². The van der Waals surface area contributed by atoms with Crippen LogP contribution >= 0.6 is 0 Å². The second kappa shape index (κ2) is 17.3. The van der Waals surface area contributed by atoms with E-state index in [0.29, 0.717) is 47.8 Å². The zero-order chi connectivity index (χ0) is 43.9. The Labute approximate surface area is 360 Å². The van der Waals surface area contributed by atoms with E-state index >= 15 is 0 Å². The van der Waals surface area contributed by atoms with E-state index in [9.17, 15) is 29.1 Å². The lowest BCUT2D eigenvalue weighted by molar-refractivity contribution is -0.136. The summed E-state index contributed by atoms with van der Waals surface area (Å²) in [5.74, 6) is 6.96. The number of imidazole rings is 1. The molecule has 5 N–H and O–H groups in total. The van der Waals surface area contributed by atoms with Gasteiger partial charge in [0.1, 0.15) is 29.4 Å². The van der Waals surface area contributed by atoms with Crippen LogP contribution in [0.2, 0.25) is 0 Å². The van der Waals surface area contributed by atoms with Crippen molar-refractivity contribution >= 4 is 34.9 Å². The molecule has 2 aromatic heterocycles. The molecule has 0 radical (unpaired) electrons. The molecule has 0 bridgehead atoms. The molecule has 2 aliphatic carbocycles. The van der Waals surface area contributed by atoms with Gasteiger partial charge in [-0.05, 0) is 115 Å². The SMILES string of the molecule is COC(=O)NC(C(=O)N1CCCC1c1nc2ccc(-c3ccc(C#Cc4cnc(C5CCCN5C(=O)C(NC(=O)O)C(C)C)[nH]4)c4c3CC3(CCCC3)C4)cc2c(=O)[nH]1)C(C)C. The number of carboxylic acid groups (broad SMARTS) is 1. The number of nitrogens with zero attached hydrogens (tertiary/aromatic N) is 4. The Hall–Kier alpha value is -6.17. The van der Waals surface area contributed by atoms with Gasteiger partial charge in [-0.2, -0.15) is 0 Å². The smallest absolute Gasteiger partial charge is 0.407 e. The summed E-state index contributed by atoms with van der Waals surface area (Å²) in [5, 5.41) is 14.9. The lowest BCUT2D eigenvalue weighted by Crippen LogP contribution is -2.51. The number of benzene rings is 2. The molecule has 2 saturated heterocycles. The minimum atomic E-state index is -1.22. The maximum Gasteiger partial charge on any atom is 0.407 e. The van der Waals surface area contributed by atoms with Crippen molar-refractivity contribution < 1.29 is 29.0 Å². The Kier molecular flexibility index (Phi) is 11.9. The number of likely N-dealkylation sites (tertiary alicyclic amines) is 2. The summed E-state index contributed by atoms with van der Waals surface area (Å²) < 4.78 is 4.77. The van der Waals surface area contributed by atoms with Gasteiger partial charge in [0.2, 0.25) is 11.8 Å². The number of carbonyl (C=O) groups is 4. The van der Waals surface area contributed by atoms with Crippen LogP contribution in [0, 0.1) is 29.1 Å². The third kappa shape index (κ3) is 8.26. The average Bonchev–Trinajstić information content (AvgIpc) is 4.11. The number of amides is 4. The van der Waals surface area contributed by atoms with Gasteiger partial charge in [0, 0.05) is 18.7 Å². The highest BCUT2D eigenvalue weighted by atomic mass is 16.5. The molecule has 8 rings (SSSR count). The summed E-state index contributed by atoms with van der Waals surface area (Å²) in [4.78, 5) is 83.9. The maximum atomic E-state index is 13.8. The lowest BCUT2D eigenvalue weighted by Gasteiger charge is -2.30. The maximum absolute atomic E-state index is 13.8. The summed E-state index contributed by atoms with van der Waals surface area (Å²) >= 11 is 0. The van der Waals surface area contributed by atoms with E-state index in [0.717, 1.165) is 61.6 Å². The van der Waals surface area contributed by atoms with Gasteiger partial charge in [0.15, 0.2) is 0 Å². The molecule has 62 heavy (non-hydrogen) atoms. The first-order valence-electron chi connectivity index (χ1n) is 22.0. The molecule has 15 heteroatoms. The summed E-state index contributed by atoms with van der Waals surface area (Å²) in [6.45, 7) is 8.40. The summed E-state index contributed by atoms with van der Waals surface area (Å²) in [7, 11) is 1.27. The molecular formula is C47H56N8O7. The zero-order valence-corrected chi connectivity index (χ0v) is 36.1. The summed E-state index contributed by atoms with van der Waals surface area (Å²) in [5.41, 5.74) is 6.58. The Bertz CT molecular complexity index is 2530. The van der Waals surface area contributed by atoms with E-state index in [1.165, 1.54) is 31.1 Å². The molecule has 4 unspecified atom stereocenters. The molecule has 4 atom stereocenters. The highest BCUT2D eigenvalue weighted by molar-refractivity contribution is 5.88. The fourth-order valence-electron chi connectivity index (χ4n) is 10.3. The van der Waals surface area contributed by atoms with Crippen LogP contribution in [-0.2, 0) is 27.2 Å². The first-order chi connectivity index (χ1) is 29.8. The van der Waals surface area contributed by atoms with E-state index < -0.39 is 30.3 Å². The number of alkyl carbamates (subject to hydrolysis) is 1. The van der Waals surface area contributed by atoms with Gasteiger partial charge in [-0.15, -0.1) is 0 Å². The van der Waals surface area contributed by atoms with Crippen LogP contribution in [-0.4, -0.2) is 91.1 Å². The normalized spacial score (nSPS) is 20.0. The van der Waals surface area contributed by atoms with Gasteiger partial charge in [0.05, 0.1) is 36.3 Å². The average molecular weight is 845 g/mol. The quantitative estimate of drug-likeness (QED) is 0.119.